The monoisotopic (exact) mass is 357 g/mol. The number of amides is 1. The fraction of sp³-hybridized carbons (Fsp3) is 0.278. The summed E-state index contributed by atoms with van der Waals surface area (Å²) < 4.78 is 0. The first kappa shape index (κ1) is 16.1. The van der Waals surface area contributed by atoms with E-state index < -0.39 is 18.1 Å². The summed E-state index contributed by atoms with van der Waals surface area (Å²) in [4.78, 5) is 24.2. The molecule has 3 atom stereocenters. The van der Waals surface area contributed by atoms with E-state index in [0.29, 0.717) is 18.0 Å². The number of nitrogens with zero attached hydrogens (tertiary/aromatic N) is 3. The van der Waals surface area contributed by atoms with Crippen LogP contribution in [0, 0.1) is 10.1 Å². The second-order valence-electron chi connectivity index (χ2n) is 6.28. The SMILES string of the molecule is O=C1CCN2[C@@H](c3ccccc3)[C@@H]([N+](=O)[O-])[C@H](c3ccc(Cl)cc3)N12. The Morgan fingerprint density at radius 3 is 2.28 bits per heavy atom. The van der Waals surface area contributed by atoms with Crippen LogP contribution >= 0.6 is 11.6 Å². The second-order valence-corrected chi connectivity index (χ2v) is 6.72. The van der Waals surface area contributed by atoms with Gasteiger partial charge in [0.25, 0.3) is 6.04 Å². The first-order chi connectivity index (χ1) is 12.1. The van der Waals surface area contributed by atoms with E-state index in [0.717, 1.165) is 11.1 Å². The van der Waals surface area contributed by atoms with Crippen LogP contribution < -0.4 is 0 Å². The Hall–Kier alpha value is -2.44. The van der Waals surface area contributed by atoms with Gasteiger partial charge < -0.3 is 0 Å². The molecule has 0 aromatic heterocycles. The van der Waals surface area contributed by atoms with E-state index >= 15 is 0 Å². The van der Waals surface area contributed by atoms with Gasteiger partial charge in [0.05, 0.1) is 0 Å². The Bertz CT molecular complexity index is 812. The third-order valence-corrected chi connectivity index (χ3v) is 5.17. The maximum atomic E-state index is 12.5. The van der Waals surface area contributed by atoms with Crippen molar-refractivity contribution in [1.82, 2.24) is 10.0 Å². The molecule has 0 N–H and O–H groups in total. The van der Waals surface area contributed by atoms with Crippen molar-refractivity contribution < 1.29 is 9.72 Å². The first-order valence-electron chi connectivity index (χ1n) is 8.10. The molecule has 0 radical (unpaired) electrons. The van der Waals surface area contributed by atoms with Crippen molar-refractivity contribution in [2.45, 2.75) is 24.5 Å². The van der Waals surface area contributed by atoms with Gasteiger partial charge in [-0.25, -0.2) is 5.01 Å². The predicted octanol–water partition coefficient (Wildman–Crippen LogP) is 3.23. The minimum absolute atomic E-state index is 0.0785. The number of carbonyl (C=O) groups excluding carboxylic acids is 1. The molecule has 7 heteroatoms. The molecule has 128 valence electrons. The Balaban J connectivity index is 1.85. The lowest BCUT2D eigenvalue weighted by Crippen LogP contribution is -2.35. The largest absolute Gasteiger partial charge is 0.273 e. The molecule has 2 aliphatic rings. The van der Waals surface area contributed by atoms with Gasteiger partial charge in [0.1, 0.15) is 12.1 Å². The first-order valence-corrected chi connectivity index (χ1v) is 8.48. The number of fused-ring (bicyclic) bond motifs is 1. The minimum Gasteiger partial charge on any atom is -0.273 e. The highest BCUT2D eigenvalue weighted by Gasteiger charge is 2.59. The van der Waals surface area contributed by atoms with Crippen molar-refractivity contribution >= 4 is 17.5 Å². The molecule has 2 aliphatic heterocycles. The van der Waals surface area contributed by atoms with Crippen molar-refractivity contribution in [3.05, 3.63) is 80.9 Å². The minimum atomic E-state index is -0.937. The molecule has 0 unspecified atom stereocenters. The molecule has 0 saturated carbocycles. The molecular weight excluding hydrogens is 342 g/mol. The number of rotatable bonds is 3. The zero-order valence-corrected chi connectivity index (χ0v) is 14.0. The lowest BCUT2D eigenvalue weighted by Gasteiger charge is -2.26. The maximum Gasteiger partial charge on any atom is 0.259 e. The fourth-order valence-corrected chi connectivity index (χ4v) is 4.03. The smallest absolute Gasteiger partial charge is 0.259 e. The van der Waals surface area contributed by atoms with Crippen LogP contribution in [0.25, 0.3) is 0 Å². The molecule has 2 fully saturated rings. The quantitative estimate of drug-likeness (QED) is 0.624. The highest BCUT2D eigenvalue weighted by molar-refractivity contribution is 6.30. The van der Waals surface area contributed by atoms with E-state index in [2.05, 4.69) is 0 Å². The van der Waals surface area contributed by atoms with Crippen LogP contribution in [0.3, 0.4) is 0 Å². The fourth-order valence-electron chi connectivity index (χ4n) is 3.91. The Kier molecular flexibility index (Phi) is 3.94. The molecule has 6 nitrogen and oxygen atoms in total. The molecule has 0 bridgehead atoms. The normalized spacial score (nSPS) is 26.0. The zero-order valence-electron chi connectivity index (χ0n) is 13.3. The number of carbonyl (C=O) groups is 1. The lowest BCUT2D eigenvalue weighted by molar-refractivity contribution is -0.530. The van der Waals surface area contributed by atoms with Gasteiger partial charge in [-0.1, -0.05) is 54.1 Å². The summed E-state index contributed by atoms with van der Waals surface area (Å²) in [5.41, 5.74) is 1.57. The van der Waals surface area contributed by atoms with E-state index in [1.165, 1.54) is 0 Å². The Labute approximate surface area is 149 Å². The predicted molar refractivity (Wildman–Crippen MR) is 92.3 cm³/mol. The van der Waals surface area contributed by atoms with Gasteiger partial charge in [0.2, 0.25) is 5.91 Å². The summed E-state index contributed by atoms with van der Waals surface area (Å²) in [5, 5.41) is 16.0. The van der Waals surface area contributed by atoms with Crippen molar-refractivity contribution in [2.75, 3.05) is 6.54 Å². The zero-order chi connectivity index (χ0) is 17.6. The van der Waals surface area contributed by atoms with Gasteiger partial charge in [0, 0.05) is 22.9 Å². The number of hydrogen-bond acceptors (Lipinski definition) is 4. The Morgan fingerprint density at radius 2 is 1.64 bits per heavy atom. The Morgan fingerprint density at radius 1 is 1.00 bits per heavy atom. The summed E-state index contributed by atoms with van der Waals surface area (Å²) in [5.74, 6) is -0.0785. The molecule has 2 aromatic carbocycles. The van der Waals surface area contributed by atoms with E-state index in [-0.39, 0.29) is 10.8 Å². The molecule has 0 spiro atoms. The molecule has 4 rings (SSSR count). The van der Waals surface area contributed by atoms with Gasteiger partial charge in [-0.3, -0.25) is 19.9 Å². The van der Waals surface area contributed by atoms with E-state index in [1.807, 2.05) is 35.3 Å². The summed E-state index contributed by atoms with van der Waals surface area (Å²) >= 11 is 5.96. The van der Waals surface area contributed by atoms with Crippen LogP contribution in [0.5, 0.6) is 0 Å². The van der Waals surface area contributed by atoms with Crippen LogP contribution in [0.4, 0.5) is 0 Å². The van der Waals surface area contributed by atoms with E-state index in [4.69, 9.17) is 11.6 Å². The highest BCUT2D eigenvalue weighted by atomic mass is 35.5. The molecule has 2 aromatic rings. The summed E-state index contributed by atoms with van der Waals surface area (Å²) in [7, 11) is 0. The highest BCUT2D eigenvalue weighted by Crippen LogP contribution is 2.48. The average Bonchev–Trinajstić information content (AvgIpc) is 3.14. The van der Waals surface area contributed by atoms with Gasteiger partial charge >= 0.3 is 0 Å². The maximum absolute atomic E-state index is 12.5. The lowest BCUT2D eigenvalue weighted by atomic mass is 9.91. The van der Waals surface area contributed by atoms with Crippen LogP contribution in [0.1, 0.15) is 29.6 Å². The molecule has 2 saturated heterocycles. The molecule has 1 amide bonds. The molecular formula is C18H16ClN3O3. The number of nitro groups is 1. The van der Waals surface area contributed by atoms with Crippen molar-refractivity contribution in [3.63, 3.8) is 0 Å². The van der Waals surface area contributed by atoms with Gasteiger partial charge in [0.15, 0.2) is 0 Å². The summed E-state index contributed by atoms with van der Waals surface area (Å²) in [6.45, 7) is 0.493. The van der Waals surface area contributed by atoms with Gasteiger partial charge in [-0.05, 0) is 23.3 Å². The topological polar surface area (TPSA) is 66.7 Å². The van der Waals surface area contributed by atoms with Crippen molar-refractivity contribution in [3.8, 4) is 0 Å². The molecule has 25 heavy (non-hydrogen) atoms. The van der Waals surface area contributed by atoms with Crippen molar-refractivity contribution in [1.29, 1.82) is 0 Å². The molecule has 2 heterocycles. The summed E-state index contributed by atoms with van der Waals surface area (Å²) in [6.07, 6.45) is 0.373. The number of hydrogen-bond donors (Lipinski definition) is 0. The standard InChI is InChI=1S/C18H16ClN3O3/c19-14-8-6-13(7-9-14)17-18(22(24)25)16(12-4-2-1-3-5-12)20-11-10-15(23)21(17)20/h1-9,16-18H,10-11H2/t16-,17-,18+/m0/s1. The summed E-state index contributed by atoms with van der Waals surface area (Å²) in [6, 6.07) is 14.3. The second kappa shape index (κ2) is 6.13. The number of benzene rings is 2. The third-order valence-electron chi connectivity index (χ3n) is 4.91. The van der Waals surface area contributed by atoms with Crippen molar-refractivity contribution in [2.24, 2.45) is 0 Å². The number of hydrazine groups is 1. The van der Waals surface area contributed by atoms with Crippen LogP contribution in [-0.4, -0.2) is 33.4 Å². The third kappa shape index (κ3) is 2.58. The van der Waals surface area contributed by atoms with E-state index in [1.54, 1.807) is 29.3 Å². The van der Waals surface area contributed by atoms with E-state index in [9.17, 15) is 14.9 Å². The molecule has 0 aliphatic carbocycles. The van der Waals surface area contributed by atoms with Crippen LogP contribution in [0.2, 0.25) is 5.02 Å². The average molecular weight is 358 g/mol. The van der Waals surface area contributed by atoms with Gasteiger partial charge in [-0.15, -0.1) is 0 Å². The van der Waals surface area contributed by atoms with Gasteiger partial charge in [-0.2, -0.15) is 0 Å². The number of halogens is 1. The van der Waals surface area contributed by atoms with Crippen LogP contribution in [-0.2, 0) is 4.79 Å². The van der Waals surface area contributed by atoms with Crippen LogP contribution in [0.15, 0.2) is 54.6 Å².